The predicted octanol–water partition coefficient (Wildman–Crippen LogP) is 4.03. The first-order chi connectivity index (χ1) is 13.6. The van der Waals surface area contributed by atoms with Crippen LogP contribution in [0.1, 0.15) is 73.1 Å². The lowest BCUT2D eigenvalue weighted by molar-refractivity contribution is -0.164. The van der Waals surface area contributed by atoms with E-state index in [9.17, 15) is 14.7 Å². The molecule has 0 saturated heterocycles. The summed E-state index contributed by atoms with van der Waals surface area (Å²) in [5.41, 5.74) is 1.08. The summed E-state index contributed by atoms with van der Waals surface area (Å²) in [4.78, 5) is 23.5. The number of hydrogen-bond acceptors (Lipinski definition) is 5. The summed E-state index contributed by atoms with van der Waals surface area (Å²) >= 11 is 0. The smallest absolute Gasteiger partial charge is 0.303 e. The highest BCUT2D eigenvalue weighted by molar-refractivity contribution is 5.67. The predicted molar refractivity (Wildman–Crippen MR) is 109 cm³/mol. The summed E-state index contributed by atoms with van der Waals surface area (Å²) in [7, 11) is 0. The molecule has 5 heteroatoms. The van der Waals surface area contributed by atoms with E-state index in [2.05, 4.69) is 20.8 Å². The molecule has 6 unspecified atom stereocenters. The van der Waals surface area contributed by atoms with E-state index in [4.69, 9.17) is 9.47 Å². The van der Waals surface area contributed by atoms with Gasteiger partial charge in [-0.1, -0.05) is 20.8 Å². The van der Waals surface area contributed by atoms with Gasteiger partial charge in [0.2, 0.25) is 0 Å². The number of hydrogen-bond donors (Lipinski definition) is 1. The maximum absolute atomic E-state index is 12.0. The van der Waals surface area contributed by atoms with Crippen LogP contribution in [0.3, 0.4) is 0 Å². The van der Waals surface area contributed by atoms with Crippen molar-refractivity contribution in [3.8, 4) is 0 Å². The summed E-state index contributed by atoms with van der Waals surface area (Å²) in [6, 6.07) is 0. The zero-order chi connectivity index (χ0) is 21.1. The Balaban J connectivity index is 1.75. The van der Waals surface area contributed by atoms with E-state index in [0.29, 0.717) is 35.5 Å². The Morgan fingerprint density at radius 3 is 2.34 bits per heavy atom. The summed E-state index contributed by atoms with van der Waals surface area (Å²) in [5, 5.41) is 11.1. The Labute approximate surface area is 174 Å². The van der Waals surface area contributed by atoms with E-state index < -0.39 is 12.2 Å². The first-order valence-electron chi connectivity index (χ1n) is 11.3. The SMILES string of the molecule is CC(=O)O[C@H]1C=C2[C@@H](O)[C@@H](OC(C)=O)CCC2(C)C2CCC3(C)C(C)CCC3C21. The molecule has 0 radical (unpaired) electrons. The molecule has 3 fully saturated rings. The molecule has 162 valence electrons. The lowest BCUT2D eigenvalue weighted by Gasteiger charge is -2.60. The lowest BCUT2D eigenvalue weighted by Crippen LogP contribution is -2.58. The summed E-state index contributed by atoms with van der Waals surface area (Å²) in [5.74, 6) is 1.27. The Morgan fingerprint density at radius 2 is 1.69 bits per heavy atom. The highest BCUT2D eigenvalue weighted by atomic mass is 16.6. The first-order valence-corrected chi connectivity index (χ1v) is 11.3. The molecule has 4 aliphatic rings. The molecule has 0 spiro atoms. The van der Waals surface area contributed by atoms with Crippen molar-refractivity contribution in [1.29, 1.82) is 0 Å². The van der Waals surface area contributed by atoms with Crippen molar-refractivity contribution in [3.05, 3.63) is 11.6 Å². The molecule has 3 saturated carbocycles. The number of carbonyl (C=O) groups is 2. The molecule has 0 aromatic rings. The van der Waals surface area contributed by atoms with Crippen LogP contribution in [0.2, 0.25) is 0 Å². The number of aliphatic hydroxyl groups is 1. The number of esters is 2. The van der Waals surface area contributed by atoms with Crippen LogP contribution in [0.15, 0.2) is 11.6 Å². The summed E-state index contributed by atoms with van der Waals surface area (Å²) in [6.45, 7) is 9.94. The standard InChI is InChI=1S/C24H36O5/c1-13-6-7-16-21-17(8-10-23(13,16)4)24(5)11-9-19(28-14(2)25)22(27)18(24)12-20(21)29-15(3)26/h12-13,16-17,19-22,27H,6-11H2,1-5H3/t13?,16?,17?,19-,20-,21?,22+,23?,24?/m0/s1. The number of carbonyl (C=O) groups excluding carboxylic acids is 2. The van der Waals surface area contributed by atoms with Crippen molar-refractivity contribution in [3.63, 3.8) is 0 Å². The van der Waals surface area contributed by atoms with Crippen LogP contribution in [0.4, 0.5) is 0 Å². The highest BCUT2D eigenvalue weighted by Crippen LogP contribution is 2.66. The van der Waals surface area contributed by atoms with Gasteiger partial charge in [0.15, 0.2) is 0 Å². The van der Waals surface area contributed by atoms with Crippen molar-refractivity contribution < 1.29 is 24.2 Å². The van der Waals surface area contributed by atoms with Gasteiger partial charge in [-0.2, -0.15) is 0 Å². The van der Waals surface area contributed by atoms with Crippen molar-refractivity contribution in [2.75, 3.05) is 0 Å². The molecule has 0 bridgehead atoms. The molecular formula is C24H36O5. The van der Waals surface area contributed by atoms with Gasteiger partial charge in [0, 0.05) is 19.8 Å². The monoisotopic (exact) mass is 404 g/mol. The van der Waals surface area contributed by atoms with E-state index in [1.807, 2.05) is 6.08 Å². The molecule has 0 aliphatic heterocycles. The van der Waals surface area contributed by atoms with Gasteiger partial charge >= 0.3 is 11.9 Å². The molecule has 0 aromatic carbocycles. The maximum Gasteiger partial charge on any atom is 0.303 e. The van der Waals surface area contributed by atoms with E-state index in [0.717, 1.165) is 18.4 Å². The quantitative estimate of drug-likeness (QED) is 0.556. The minimum atomic E-state index is -0.826. The maximum atomic E-state index is 12.0. The third-order valence-electron chi connectivity index (χ3n) is 9.25. The second kappa shape index (κ2) is 7.11. The Morgan fingerprint density at radius 1 is 1.00 bits per heavy atom. The zero-order valence-electron chi connectivity index (χ0n) is 18.4. The second-order valence-electron chi connectivity index (χ2n) is 10.6. The van der Waals surface area contributed by atoms with Crippen molar-refractivity contribution >= 4 is 11.9 Å². The summed E-state index contributed by atoms with van der Waals surface area (Å²) in [6.07, 6.45) is 6.66. The van der Waals surface area contributed by atoms with Crippen molar-refractivity contribution in [2.45, 2.75) is 91.5 Å². The van der Waals surface area contributed by atoms with Gasteiger partial charge in [-0.15, -0.1) is 0 Å². The molecule has 1 N–H and O–H groups in total. The summed E-state index contributed by atoms with van der Waals surface area (Å²) < 4.78 is 11.3. The highest BCUT2D eigenvalue weighted by Gasteiger charge is 2.62. The van der Waals surface area contributed by atoms with Gasteiger partial charge < -0.3 is 14.6 Å². The van der Waals surface area contributed by atoms with Crippen molar-refractivity contribution in [1.82, 2.24) is 0 Å². The normalized spacial score (nSPS) is 48.6. The van der Waals surface area contributed by atoms with Crippen LogP contribution in [0.25, 0.3) is 0 Å². The largest absolute Gasteiger partial charge is 0.459 e. The van der Waals surface area contributed by atoms with Crippen LogP contribution in [0.5, 0.6) is 0 Å². The minimum absolute atomic E-state index is 0.134. The molecule has 0 amide bonds. The van der Waals surface area contributed by atoms with Crippen LogP contribution >= 0.6 is 0 Å². The van der Waals surface area contributed by atoms with Crippen LogP contribution in [-0.4, -0.2) is 35.4 Å². The minimum Gasteiger partial charge on any atom is -0.459 e. The fourth-order valence-corrected chi connectivity index (χ4v) is 7.56. The third-order valence-corrected chi connectivity index (χ3v) is 9.25. The third kappa shape index (κ3) is 3.15. The van der Waals surface area contributed by atoms with E-state index in [-0.39, 0.29) is 23.5 Å². The van der Waals surface area contributed by atoms with Gasteiger partial charge in [0.1, 0.15) is 18.3 Å². The Kier molecular flexibility index (Phi) is 5.12. The number of ether oxygens (including phenoxy) is 2. The van der Waals surface area contributed by atoms with Crippen LogP contribution < -0.4 is 0 Å². The number of fused-ring (bicyclic) bond motifs is 5. The number of rotatable bonds is 2. The molecule has 0 aromatic heterocycles. The fraction of sp³-hybridized carbons (Fsp3) is 0.833. The molecule has 4 aliphatic carbocycles. The van der Waals surface area contributed by atoms with Crippen LogP contribution in [0, 0.1) is 34.5 Å². The van der Waals surface area contributed by atoms with Gasteiger partial charge in [0.25, 0.3) is 0 Å². The second-order valence-corrected chi connectivity index (χ2v) is 10.6. The van der Waals surface area contributed by atoms with Gasteiger partial charge in [-0.3, -0.25) is 9.59 Å². The average molecular weight is 405 g/mol. The Bertz CT molecular complexity index is 729. The van der Waals surface area contributed by atoms with Crippen molar-refractivity contribution in [2.24, 2.45) is 34.5 Å². The van der Waals surface area contributed by atoms with E-state index in [1.54, 1.807) is 0 Å². The molecule has 9 atom stereocenters. The van der Waals surface area contributed by atoms with Gasteiger partial charge in [-0.05, 0) is 78.8 Å². The van der Waals surface area contributed by atoms with Gasteiger partial charge in [-0.25, -0.2) is 0 Å². The zero-order valence-corrected chi connectivity index (χ0v) is 18.4. The topological polar surface area (TPSA) is 72.8 Å². The fourth-order valence-electron chi connectivity index (χ4n) is 7.56. The number of aliphatic hydroxyl groups excluding tert-OH is 1. The average Bonchev–Trinajstić information content (AvgIpc) is 2.93. The molecule has 5 nitrogen and oxygen atoms in total. The Hall–Kier alpha value is -1.36. The van der Waals surface area contributed by atoms with E-state index in [1.165, 1.54) is 33.1 Å². The lowest BCUT2D eigenvalue weighted by atomic mass is 9.46. The molecule has 4 rings (SSSR count). The first kappa shape index (κ1) is 20.9. The van der Waals surface area contributed by atoms with E-state index >= 15 is 0 Å². The van der Waals surface area contributed by atoms with Gasteiger partial charge in [0.05, 0.1) is 0 Å². The molecule has 29 heavy (non-hydrogen) atoms. The molecular weight excluding hydrogens is 368 g/mol. The molecule has 0 heterocycles. The van der Waals surface area contributed by atoms with Crippen LogP contribution in [-0.2, 0) is 19.1 Å².